The Kier molecular flexibility index (Phi) is 11.5. The number of allylic oxidation sites excluding steroid dienone is 4. The van der Waals surface area contributed by atoms with E-state index in [0.29, 0.717) is 5.92 Å². The molecule has 4 aliphatic carbocycles. The summed E-state index contributed by atoms with van der Waals surface area (Å²) in [5.41, 5.74) is 0.195. The molecule has 0 bridgehead atoms. The molecule has 210 valence electrons. The Labute approximate surface area is 237 Å². The Bertz CT molecular complexity index is 872. The van der Waals surface area contributed by atoms with Crippen molar-refractivity contribution in [3.63, 3.8) is 0 Å². The maximum atomic E-state index is 3.68. The zero-order chi connectivity index (χ0) is 26.8. The summed E-state index contributed by atoms with van der Waals surface area (Å²) < 4.78 is 0. The first-order valence-corrected chi connectivity index (χ1v) is 16.7. The van der Waals surface area contributed by atoms with Crippen molar-refractivity contribution in [2.24, 2.45) is 52.8 Å². The lowest BCUT2D eigenvalue weighted by Crippen LogP contribution is -2.29. The van der Waals surface area contributed by atoms with Gasteiger partial charge in [-0.3, -0.25) is 0 Å². The molecule has 4 fully saturated rings. The van der Waals surface area contributed by atoms with Gasteiger partial charge in [-0.2, -0.15) is 0 Å². The van der Waals surface area contributed by atoms with E-state index >= 15 is 0 Å². The van der Waals surface area contributed by atoms with Crippen LogP contribution in [0, 0.1) is 76.4 Å². The first-order chi connectivity index (χ1) is 18.5. The fraction of sp³-hybridized carbons (Fsp3) is 0.789. The van der Waals surface area contributed by atoms with Gasteiger partial charge < -0.3 is 0 Å². The van der Waals surface area contributed by atoms with Crippen molar-refractivity contribution in [2.75, 3.05) is 0 Å². The summed E-state index contributed by atoms with van der Waals surface area (Å²) in [4.78, 5) is 0. The molecule has 0 radical (unpaired) electrons. The molecule has 0 aliphatic heterocycles. The topological polar surface area (TPSA) is 0 Å². The highest BCUT2D eigenvalue weighted by Crippen LogP contribution is 2.46. The summed E-state index contributed by atoms with van der Waals surface area (Å²) in [6.45, 7) is 9.17. The molecule has 4 aliphatic rings. The zero-order valence-corrected chi connectivity index (χ0v) is 25.4. The van der Waals surface area contributed by atoms with Crippen LogP contribution in [0.25, 0.3) is 0 Å². The largest absolute Gasteiger partial charge is 0.0917 e. The molecule has 3 unspecified atom stereocenters. The van der Waals surface area contributed by atoms with E-state index in [2.05, 4.69) is 75.7 Å². The van der Waals surface area contributed by atoms with Gasteiger partial charge in [-0.25, -0.2) is 0 Å². The Balaban J connectivity index is 1.21. The summed E-state index contributed by atoms with van der Waals surface area (Å²) in [7, 11) is 0. The van der Waals surface area contributed by atoms with E-state index in [1.54, 1.807) is 0 Å². The Morgan fingerprint density at radius 1 is 0.632 bits per heavy atom. The lowest BCUT2D eigenvalue weighted by molar-refractivity contribution is 0.130. The molecule has 0 aromatic heterocycles. The minimum atomic E-state index is 0.195. The summed E-state index contributed by atoms with van der Waals surface area (Å²) in [6.07, 6.45) is 32.9. The fourth-order valence-corrected chi connectivity index (χ4v) is 8.62. The first kappa shape index (κ1) is 29.6. The minimum Gasteiger partial charge on any atom is -0.0917 e. The Hall–Kier alpha value is -1.40. The second-order valence-electron chi connectivity index (χ2n) is 14.2. The van der Waals surface area contributed by atoms with Gasteiger partial charge in [0.2, 0.25) is 0 Å². The highest BCUT2D eigenvalue weighted by Gasteiger charge is 2.35. The Morgan fingerprint density at radius 3 is 1.68 bits per heavy atom. The predicted octanol–water partition coefficient (Wildman–Crippen LogP) is 10.8. The smallest absolute Gasteiger partial charge is 0.0297 e. The molecule has 0 aromatic carbocycles. The van der Waals surface area contributed by atoms with Crippen LogP contribution >= 0.6 is 0 Å². The molecule has 38 heavy (non-hydrogen) atoms. The number of hydrogen-bond donors (Lipinski definition) is 0. The standard InChI is InChI=1S/C38H58/c1-5-7-11-31-15-20-33(21-16-31)35-24-27-38(4,28-25-35)26-10-9-13-36-29-37(19-14-30(36)3)34-22-17-32(18-23-34)12-8-6-2/h5-8,30-37H,11-12,14-25,27-29H2,1-4H3/b7-5+,8-6+. The van der Waals surface area contributed by atoms with Gasteiger partial charge in [-0.15, -0.1) is 0 Å². The summed E-state index contributed by atoms with van der Waals surface area (Å²) in [5.74, 6) is 21.1. The van der Waals surface area contributed by atoms with Crippen molar-refractivity contribution >= 4 is 0 Å². The van der Waals surface area contributed by atoms with Crippen molar-refractivity contribution < 1.29 is 0 Å². The number of rotatable bonds is 6. The van der Waals surface area contributed by atoms with Crippen LogP contribution in [-0.2, 0) is 0 Å². The van der Waals surface area contributed by atoms with Crippen molar-refractivity contribution in [3.05, 3.63) is 24.3 Å². The van der Waals surface area contributed by atoms with Crippen molar-refractivity contribution in [2.45, 2.75) is 137 Å². The van der Waals surface area contributed by atoms with Crippen molar-refractivity contribution in [3.8, 4) is 23.7 Å². The van der Waals surface area contributed by atoms with E-state index in [1.807, 2.05) is 0 Å². The third-order valence-corrected chi connectivity index (χ3v) is 11.6. The predicted molar refractivity (Wildman–Crippen MR) is 165 cm³/mol. The fourth-order valence-electron chi connectivity index (χ4n) is 8.62. The summed E-state index contributed by atoms with van der Waals surface area (Å²) >= 11 is 0. The van der Waals surface area contributed by atoms with Crippen molar-refractivity contribution in [1.29, 1.82) is 0 Å². The van der Waals surface area contributed by atoms with Gasteiger partial charge in [0.05, 0.1) is 0 Å². The number of hydrogen-bond acceptors (Lipinski definition) is 0. The van der Waals surface area contributed by atoms with E-state index in [0.717, 1.165) is 41.4 Å². The van der Waals surface area contributed by atoms with Gasteiger partial charge in [0.1, 0.15) is 0 Å². The van der Waals surface area contributed by atoms with Gasteiger partial charge in [0.15, 0.2) is 0 Å². The summed E-state index contributed by atoms with van der Waals surface area (Å²) in [5, 5.41) is 0. The normalized spacial score (nSPS) is 40.3. The van der Waals surface area contributed by atoms with Gasteiger partial charge in [0, 0.05) is 11.3 Å². The van der Waals surface area contributed by atoms with E-state index in [9.17, 15) is 0 Å². The van der Waals surface area contributed by atoms with Gasteiger partial charge >= 0.3 is 0 Å². The molecule has 0 amide bonds. The third kappa shape index (κ3) is 8.55. The van der Waals surface area contributed by atoms with E-state index < -0.39 is 0 Å². The lowest BCUT2D eigenvalue weighted by Gasteiger charge is -2.40. The second-order valence-corrected chi connectivity index (χ2v) is 14.2. The molecule has 0 spiro atoms. The molecule has 0 aromatic rings. The lowest BCUT2D eigenvalue weighted by atomic mass is 9.65. The second kappa shape index (κ2) is 14.8. The highest BCUT2D eigenvalue weighted by molar-refractivity contribution is 5.30. The minimum absolute atomic E-state index is 0.195. The molecule has 0 heterocycles. The molecule has 4 rings (SSSR count). The molecule has 4 saturated carbocycles. The van der Waals surface area contributed by atoms with Crippen LogP contribution in [0.4, 0.5) is 0 Å². The molecular weight excluding hydrogens is 456 g/mol. The quantitative estimate of drug-likeness (QED) is 0.244. The van der Waals surface area contributed by atoms with Crippen LogP contribution in [0.2, 0.25) is 0 Å². The molecule has 0 saturated heterocycles. The van der Waals surface area contributed by atoms with Crippen LogP contribution in [-0.4, -0.2) is 0 Å². The third-order valence-electron chi connectivity index (χ3n) is 11.6. The van der Waals surface area contributed by atoms with Crippen LogP contribution in [0.5, 0.6) is 0 Å². The zero-order valence-electron chi connectivity index (χ0n) is 25.4. The molecule has 0 N–H and O–H groups in total. The SMILES string of the molecule is C/C=C/CC1CCC(C2CCC(C)(C#CC#CC3CC(C4CCC(C/C=C/C)CC4)CCC3C)CC2)CC1. The summed E-state index contributed by atoms with van der Waals surface area (Å²) in [6, 6.07) is 0. The molecule has 0 nitrogen and oxygen atoms in total. The molecule has 3 atom stereocenters. The molecular formula is C38H58. The van der Waals surface area contributed by atoms with E-state index in [4.69, 9.17) is 0 Å². The van der Waals surface area contributed by atoms with Crippen LogP contribution < -0.4 is 0 Å². The maximum Gasteiger partial charge on any atom is 0.0297 e. The Morgan fingerprint density at radius 2 is 1.13 bits per heavy atom. The van der Waals surface area contributed by atoms with E-state index in [1.165, 1.54) is 109 Å². The van der Waals surface area contributed by atoms with Gasteiger partial charge in [0.25, 0.3) is 0 Å². The van der Waals surface area contributed by atoms with Crippen molar-refractivity contribution in [1.82, 2.24) is 0 Å². The first-order valence-electron chi connectivity index (χ1n) is 16.7. The van der Waals surface area contributed by atoms with Crippen LogP contribution in [0.3, 0.4) is 0 Å². The van der Waals surface area contributed by atoms with Gasteiger partial charge in [-0.05, 0) is 183 Å². The van der Waals surface area contributed by atoms with Gasteiger partial charge in [-0.1, -0.05) is 43.1 Å². The average Bonchev–Trinajstić information content (AvgIpc) is 2.95. The maximum absolute atomic E-state index is 3.68. The molecule has 0 heteroatoms. The van der Waals surface area contributed by atoms with Crippen LogP contribution in [0.1, 0.15) is 137 Å². The average molecular weight is 515 g/mol. The highest BCUT2D eigenvalue weighted by atomic mass is 14.4. The van der Waals surface area contributed by atoms with E-state index in [-0.39, 0.29) is 5.41 Å². The monoisotopic (exact) mass is 514 g/mol. The van der Waals surface area contributed by atoms with Crippen LogP contribution in [0.15, 0.2) is 24.3 Å².